The molecule has 0 radical (unpaired) electrons. The van der Waals surface area contributed by atoms with E-state index in [1.54, 1.807) is 12.3 Å². The number of carbonyl (C=O) groups is 1. The summed E-state index contributed by atoms with van der Waals surface area (Å²) >= 11 is 0. The summed E-state index contributed by atoms with van der Waals surface area (Å²) in [6.45, 7) is 1.64. The van der Waals surface area contributed by atoms with Crippen molar-refractivity contribution in [2.45, 2.75) is 6.04 Å². The standard InChI is InChI=1S/C16H17N3O2/c20-16(7-6-13-4-2-1-3-5-13)19-10-11-21-12-15(19)14-8-9-17-18-14/h1-9,15H,10-12H2,(H,17,18)/b7-6+/t15-/m0/s1. The molecular formula is C16H17N3O2. The first-order chi connectivity index (χ1) is 10.3. The van der Waals surface area contributed by atoms with Crippen molar-refractivity contribution < 1.29 is 9.53 Å². The Balaban J connectivity index is 1.74. The molecule has 1 fully saturated rings. The summed E-state index contributed by atoms with van der Waals surface area (Å²) in [5.41, 5.74) is 1.91. The van der Waals surface area contributed by atoms with E-state index in [0.29, 0.717) is 19.8 Å². The molecular weight excluding hydrogens is 266 g/mol. The molecule has 1 atom stereocenters. The van der Waals surface area contributed by atoms with Gasteiger partial charge in [0.1, 0.15) is 0 Å². The molecule has 21 heavy (non-hydrogen) atoms. The zero-order chi connectivity index (χ0) is 14.5. The zero-order valence-electron chi connectivity index (χ0n) is 11.6. The highest BCUT2D eigenvalue weighted by atomic mass is 16.5. The second-order valence-corrected chi connectivity index (χ2v) is 4.88. The lowest BCUT2D eigenvalue weighted by atomic mass is 10.1. The number of amides is 1. The minimum atomic E-state index is -0.103. The summed E-state index contributed by atoms with van der Waals surface area (Å²) in [7, 11) is 0. The third-order valence-corrected chi connectivity index (χ3v) is 3.51. The minimum absolute atomic E-state index is 0.0123. The van der Waals surface area contributed by atoms with Crippen molar-refractivity contribution in [3.05, 3.63) is 59.9 Å². The van der Waals surface area contributed by atoms with Crippen LogP contribution in [0.15, 0.2) is 48.7 Å². The number of aromatic amines is 1. The lowest BCUT2D eigenvalue weighted by molar-refractivity contribution is -0.134. The number of hydrogen-bond acceptors (Lipinski definition) is 3. The van der Waals surface area contributed by atoms with Crippen molar-refractivity contribution in [1.29, 1.82) is 0 Å². The number of nitrogens with one attached hydrogen (secondary N) is 1. The van der Waals surface area contributed by atoms with Crippen molar-refractivity contribution in [3.8, 4) is 0 Å². The minimum Gasteiger partial charge on any atom is -0.377 e. The van der Waals surface area contributed by atoms with Crippen LogP contribution >= 0.6 is 0 Å². The van der Waals surface area contributed by atoms with Crippen molar-refractivity contribution in [1.82, 2.24) is 15.1 Å². The van der Waals surface area contributed by atoms with Gasteiger partial charge >= 0.3 is 0 Å². The summed E-state index contributed by atoms with van der Waals surface area (Å²) in [5.74, 6) is -0.0123. The second kappa shape index (κ2) is 6.37. The van der Waals surface area contributed by atoms with Gasteiger partial charge in [0.05, 0.1) is 24.9 Å². The van der Waals surface area contributed by atoms with Gasteiger partial charge < -0.3 is 9.64 Å². The Morgan fingerprint density at radius 1 is 1.33 bits per heavy atom. The largest absolute Gasteiger partial charge is 0.377 e. The fourth-order valence-corrected chi connectivity index (χ4v) is 2.40. The van der Waals surface area contributed by atoms with Gasteiger partial charge in [-0.25, -0.2) is 0 Å². The molecule has 2 aromatic rings. The maximum Gasteiger partial charge on any atom is 0.247 e. The van der Waals surface area contributed by atoms with Crippen LogP contribution in [0.5, 0.6) is 0 Å². The summed E-state index contributed by atoms with van der Waals surface area (Å²) in [6.07, 6.45) is 5.14. The normalized spacial score (nSPS) is 19.0. The molecule has 1 aliphatic rings. The first-order valence-electron chi connectivity index (χ1n) is 6.95. The first-order valence-corrected chi connectivity index (χ1v) is 6.95. The van der Waals surface area contributed by atoms with Crippen LogP contribution in [0.1, 0.15) is 17.3 Å². The van der Waals surface area contributed by atoms with Gasteiger partial charge in [-0.05, 0) is 17.7 Å². The summed E-state index contributed by atoms with van der Waals surface area (Å²) in [5, 5.41) is 6.87. The molecule has 1 saturated heterocycles. The van der Waals surface area contributed by atoms with Gasteiger partial charge in [-0.3, -0.25) is 9.89 Å². The van der Waals surface area contributed by atoms with Crippen molar-refractivity contribution in [3.63, 3.8) is 0 Å². The molecule has 0 bridgehead atoms. The van der Waals surface area contributed by atoms with Gasteiger partial charge in [0.25, 0.3) is 0 Å². The predicted octanol–water partition coefficient (Wildman–Crippen LogP) is 2.02. The molecule has 108 valence electrons. The van der Waals surface area contributed by atoms with E-state index in [4.69, 9.17) is 4.74 Å². The van der Waals surface area contributed by atoms with E-state index >= 15 is 0 Å². The SMILES string of the molecule is O=C(/C=C/c1ccccc1)N1CCOC[C@H]1c1ccn[nH]1. The number of aromatic nitrogens is 2. The Labute approximate surface area is 123 Å². The average Bonchev–Trinajstić information content (AvgIpc) is 3.08. The lowest BCUT2D eigenvalue weighted by Gasteiger charge is -2.34. The lowest BCUT2D eigenvalue weighted by Crippen LogP contribution is -2.42. The van der Waals surface area contributed by atoms with Gasteiger partial charge in [0.2, 0.25) is 5.91 Å². The van der Waals surface area contributed by atoms with Crippen molar-refractivity contribution in [2.75, 3.05) is 19.8 Å². The summed E-state index contributed by atoms with van der Waals surface area (Å²) in [6, 6.07) is 11.6. The number of H-pyrrole nitrogens is 1. The molecule has 1 aliphatic heterocycles. The quantitative estimate of drug-likeness (QED) is 0.877. The highest BCUT2D eigenvalue weighted by molar-refractivity contribution is 5.92. The number of hydrogen-bond donors (Lipinski definition) is 1. The van der Waals surface area contributed by atoms with Gasteiger partial charge in [0.15, 0.2) is 0 Å². The van der Waals surface area contributed by atoms with Crippen LogP contribution in [0.2, 0.25) is 0 Å². The molecule has 1 aromatic heterocycles. The van der Waals surface area contributed by atoms with E-state index < -0.39 is 0 Å². The molecule has 5 nitrogen and oxygen atoms in total. The molecule has 0 aliphatic carbocycles. The Morgan fingerprint density at radius 3 is 2.95 bits per heavy atom. The summed E-state index contributed by atoms with van der Waals surface area (Å²) < 4.78 is 5.48. The number of ether oxygens (including phenoxy) is 1. The van der Waals surface area contributed by atoms with Crippen LogP contribution in [-0.4, -0.2) is 40.8 Å². The van der Waals surface area contributed by atoms with Crippen LogP contribution in [0.4, 0.5) is 0 Å². The molecule has 1 N–H and O–H groups in total. The molecule has 1 amide bonds. The number of rotatable bonds is 3. The molecule has 3 rings (SSSR count). The summed E-state index contributed by atoms with van der Waals surface area (Å²) in [4.78, 5) is 14.2. The Morgan fingerprint density at radius 2 is 2.19 bits per heavy atom. The predicted molar refractivity (Wildman–Crippen MR) is 79.3 cm³/mol. The van der Waals surface area contributed by atoms with E-state index in [-0.39, 0.29) is 11.9 Å². The zero-order valence-corrected chi connectivity index (χ0v) is 11.6. The van der Waals surface area contributed by atoms with Crippen molar-refractivity contribution in [2.24, 2.45) is 0 Å². The van der Waals surface area contributed by atoms with Crippen LogP contribution < -0.4 is 0 Å². The van der Waals surface area contributed by atoms with E-state index in [9.17, 15) is 4.79 Å². The molecule has 0 saturated carbocycles. The molecule has 2 heterocycles. The number of carbonyl (C=O) groups excluding carboxylic acids is 1. The molecule has 1 aromatic carbocycles. The van der Waals surface area contributed by atoms with Gasteiger partial charge in [-0.2, -0.15) is 5.10 Å². The van der Waals surface area contributed by atoms with Gasteiger partial charge in [-0.15, -0.1) is 0 Å². The second-order valence-electron chi connectivity index (χ2n) is 4.88. The average molecular weight is 283 g/mol. The highest BCUT2D eigenvalue weighted by Gasteiger charge is 2.28. The molecule has 0 spiro atoms. The topological polar surface area (TPSA) is 58.2 Å². The van der Waals surface area contributed by atoms with E-state index in [0.717, 1.165) is 11.3 Å². The number of morpholine rings is 1. The van der Waals surface area contributed by atoms with Crippen LogP contribution in [0.25, 0.3) is 6.08 Å². The molecule has 5 heteroatoms. The Hall–Kier alpha value is -2.40. The van der Waals surface area contributed by atoms with Crippen LogP contribution in [0, 0.1) is 0 Å². The fourth-order valence-electron chi connectivity index (χ4n) is 2.40. The number of nitrogens with zero attached hydrogens (tertiary/aromatic N) is 2. The van der Waals surface area contributed by atoms with Gasteiger partial charge in [0, 0.05) is 18.8 Å². The number of benzene rings is 1. The van der Waals surface area contributed by atoms with E-state index in [1.165, 1.54) is 0 Å². The highest BCUT2D eigenvalue weighted by Crippen LogP contribution is 2.22. The third kappa shape index (κ3) is 3.20. The maximum absolute atomic E-state index is 12.4. The monoisotopic (exact) mass is 283 g/mol. The molecule has 0 unspecified atom stereocenters. The van der Waals surface area contributed by atoms with Gasteiger partial charge in [-0.1, -0.05) is 30.3 Å². The van der Waals surface area contributed by atoms with E-state index in [2.05, 4.69) is 10.2 Å². The van der Waals surface area contributed by atoms with E-state index in [1.807, 2.05) is 47.4 Å². The first kappa shape index (κ1) is 13.6. The third-order valence-electron chi connectivity index (χ3n) is 3.51. The Bertz CT molecular complexity index is 608. The van der Waals surface area contributed by atoms with Crippen LogP contribution in [-0.2, 0) is 9.53 Å². The fraction of sp³-hybridized carbons (Fsp3) is 0.250. The van der Waals surface area contributed by atoms with Crippen LogP contribution in [0.3, 0.4) is 0 Å². The maximum atomic E-state index is 12.4. The van der Waals surface area contributed by atoms with Crippen molar-refractivity contribution >= 4 is 12.0 Å². The Kier molecular flexibility index (Phi) is 4.12. The smallest absolute Gasteiger partial charge is 0.247 e.